The molecule has 1 fully saturated rings. The van der Waals surface area contributed by atoms with E-state index in [9.17, 15) is 29.1 Å². The summed E-state index contributed by atoms with van der Waals surface area (Å²) in [6.45, 7) is 7.48. The first-order valence-corrected chi connectivity index (χ1v) is 16.2. The van der Waals surface area contributed by atoms with Crippen molar-refractivity contribution in [3.05, 3.63) is 89.2 Å². The van der Waals surface area contributed by atoms with Gasteiger partial charge in [-0.2, -0.15) is 4.68 Å². The number of aromatic carboxylic acids is 1. The molecule has 51 heavy (non-hydrogen) atoms. The van der Waals surface area contributed by atoms with Gasteiger partial charge in [0.15, 0.2) is 0 Å². The highest BCUT2D eigenvalue weighted by Crippen LogP contribution is 2.39. The van der Waals surface area contributed by atoms with Gasteiger partial charge in [0.1, 0.15) is 12.4 Å². The number of morpholine rings is 1. The van der Waals surface area contributed by atoms with Crippen molar-refractivity contribution in [3.8, 4) is 5.69 Å². The normalized spacial score (nSPS) is 14.2. The third-order valence-electron chi connectivity index (χ3n) is 8.06. The molecular weight excluding hydrogens is 682 g/mol. The standard InChI is InChI=1S/C34H36ClN9O7/c1-34(2,3)27(20-4-9-24(10-5-20)38-33(50)43-14-16-51-17-15-43)28(29(45)37-23-11-6-21(7-12-23)32(48)49)40-31(47)30(46)39-25-18-22(35)8-13-26(25)44-19-36-41-42-44/h4-13,18-19,27-28H,14-17H2,1-3H3,(H,37,45)(H,38,50)(H,39,46)(H,40,47)(H,48,49). The van der Waals surface area contributed by atoms with Crippen LogP contribution in [0.4, 0.5) is 21.9 Å². The van der Waals surface area contributed by atoms with E-state index in [1.54, 1.807) is 41.3 Å². The van der Waals surface area contributed by atoms with Gasteiger partial charge in [-0.3, -0.25) is 14.4 Å². The molecule has 1 saturated heterocycles. The van der Waals surface area contributed by atoms with Gasteiger partial charge >= 0.3 is 23.8 Å². The zero-order valence-corrected chi connectivity index (χ0v) is 28.7. The molecule has 0 spiro atoms. The lowest BCUT2D eigenvalue weighted by Crippen LogP contribution is -2.53. The highest BCUT2D eigenvalue weighted by atomic mass is 35.5. The van der Waals surface area contributed by atoms with Gasteiger partial charge in [0.05, 0.1) is 30.2 Å². The second-order valence-electron chi connectivity index (χ2n) is 12.7. The van der Waals surface area contributed by atoms with Crippen LogP contribution in [0.15, 0.2) is 73.1 Å². The molecule has 16 nitrogen and oxygen atoms in total. The summed E-state index contributed by atoms with van der Waals surface area (Å²) in [4.78, 5) is 66.8. The van der Waals surface area contributed by atoms with Crippen molar-refractivity contribution in [2.24, 2.45) is 5.41 Å². The van der Waals surface area contributed by atoms with Crippen LogP contribution >= 0.6 is 11.6 Å². The number of urea groups is 1. The Balaban J connectivity index is 1.43. The summed E-state index contributed by atoms with van der Waals surface area (Å²) in [5, 5.41) is 31.4. The first-order chi connectivity index (χ1) is 24.3. The molecule has 5 amide bonds. The molecular formula is C34H36ClN9O7. The number of nitrogens with zero attached hydrogens (tertiary/aromatic N) is 5. The molecule has 2 atom stereocenters. The maximum atomic E-state index is 14.1. The lowest BCUT2D eigenvalue weighted by molar-refractivity contribution is -0.138. The monoisotopic (exact) mass is 717 g/mol. The lowest BCUT2D eigenvalue weighted by Gasteiger charge is -2.37. The molecule has 4 aromatic rings. The molecule has 2 heterocycles. The van der Waals surface area contributed by atoms with E-state index in [0.29, 0.717) is 43.2 Å². The molecule has 5 rings (SSSR count). The Hall–Kier alpha value is -5.87. The van der Waals surface area contributed by atoms with Crippen molar-refractivity contribution >= 4 is 58.4 Å². The fraction of sp³-hybridized carbons (Fsp3) is 0.294. The molecule has 1 aliphatic rings. The number of carbonyl (C=O) groups excluding carboxylic acids is 4. The minimum atomic E-state index is -1.32. The van der Waals surface area contributed by atoms with Crippen LogP contribution in [-0.2, 0) is 19.1 Å². The molecule has 3 aromatic carbocycles. The van der Waals surface area contributed by atoms with Crippen LogP contribution < -0.4 is 21.3 Å². The Morgan fingerprint density at radius 2 is 1.51 bits per heavy atom. The van der Waals surface area contributed by atoms with Gasteiger partial charge in [0.25, 0.3) is 0 Å². The number of aromatic nitrogens is 4. The van der Waals surface area contributed by atoms with Crippen molar-refractivity contribution in [2.45, 2.75) is 32.7 Å². The minimum Gasteiger partial charge on any atom is -0.478 e. The molecule has 0 radical (unpaired) electrons. The molecule has 0 bridgehead atoms. The van der Waals surface area contributed by atoms with Crippen molar-refractivity contribution in [1.82, 2.24) is 30.4 Å². The average Bonchev–Trinajstić information content (AvgIpc) is 3.63. The number of amides is 5. The summed E-state index contributed by atoms with van der Waals surface area (Å²) in [6.07, 6.45) is 1.30. The van der Waals surface area contributed by atoms with Crippen LogP contribution in [0.3, 0.4) is 0 Å². The van der Waals surface area contributed by atoms with E-state index in [4.69, 9.17) is 16.3 Å². The number of hydrogen-bond acceptors (Lipinski definition) is 9. The summed E-state index contributed by atoms with van der Waals surface area (Å²) < 4.78 is 6.59. The first-order valence-electron chi connectivity index (χ1n) is 15.8. The number of rotatable bonds is 9. The largest absolute Gasteiger partial charge is 0.478 e. The van der Waals surface area contributed by atoms with Crippen LogP contribution in [0.1, 0.15) is 42.6 Å². The van der Waals surface area contributed by atoms with Crippen molar-refractivity contribution in [1.29, 1.82) is 0 Å². The summed E-state index contributed by atoms with van der Waals surface area (Å²) in [5.41, 5.74) is 1.22. The quantitative estimate of drug-likeness (QED) is 0.158. The number of carboxylic acids is 1. The van der Waals surface area contributed by atoms with E-state index in [1.165, 1.54) is 41.3 Å². The Bertz CT molecular complexity index is 1890. The van der Waals surface area contributed by atoms with Gasteiger partial charge in [-0.15, -0.1) is 5.10 Å². The fourth-order valence-corrected chi connectivity index (χ4v) is 5.79. The number of anilines is 3. The van der Waals surface area contributed by atoms with Gasteiger partial charge in [0.2, 0.25) is 5.91 Å². The van der Waals surface area contributed by atoms with Gasteiger partial charge in [-0.25, -0.2) is 9.59 Å². The van der Waals surface area contributed by atoms with E-state index in [-0.39, 0.29) is 28.0 Å². The fourth-order valence-electron chi connectivity index (χ4n) is 5.62. The van der Waals surface area contributed by atoms with Gasteiger partial charge in [0, 0.05) is 35.4 Å². The molecule has 17 heteroatoms. The zero-order valence-electron chi connectivity index (χ0n) is 27.9. The highest BCUT2D eigenvalue weighted by molar-refractivity contribution is 6.40. The van der Waals surface area contributed by atoms with Gasteiger partial charge < -0.3 is 36.0 Å². The average molecular weight is 718 g/mol. The Kier molecular flexibility index (Phi) is 11.3. The third kappa shape index (κ3) is 9.23. The first kappa shape index (κ1) is 36.4. The number of carboxylic acid groups (broad SMARTS) is 1. The molecule has 1 aliphatic heterocycles. The van der Waals surface area contributed by atoms with E-state index in [0.717, 1.165) is 0 Å². The summed E-state index contributed by atoms with van der Waals surface area (Å²) in [7, 11) is 0. The van der Waals surface area contributed by atoms with Crippen molar-refractivity contribution in [3.63, 3.8) is 0 Å². The maximum absolute atomic E-state index is 14.1. The smallest absolute Gasteiger partial charge is 0.335 e. The molecule has 0 saturated carbocycles. The van der Waals surface area contributed by atoms with E-state index < -0.39 is 41.1 Å². The predicted molar refractivity (Wildman–Crippen MR) is 187 cm³/mol. The molecule has 1 aromatic heterocycles. The number of benzene rings is 3. The molecule has 266 valence electrons. The number of tetrazole rings is 1. The lowest BCUT2D eigenvalue weighted by atomic mass is 9.72. The number of nitrogens with one attached hydrogen (secondary N) is 4. The molecule has 5 N–H and O–H groups in total. The topological polar surface area (TPSA) is 210 Å². The van der Waals surface area contributed by atoms with Crippen LogP contribution in [0.25, 0.3) is 5.69 Å². The predicted octanol–water partition coefficient (Wildman–Crippen LogP) is 3.77. The zero-order chi connectivity index (χ0) is 36.7. The Morgan fingerprint density at radius 1 is 0.863 bits per heavy atom. The van der Waals surface area contributed by atoms with Gasteiger partial charge in [-0.1, -0.05) is 44.5 Å². The van der Waals surface area contributed by atoms with E-state index in [1.807, 2.05) is 20.8 Å². The highest BCUT2D eigenvalue weighted by Gasteiger charge is 2.40. The van der Waals surface area contributed by atoms with Crippen molar-refractivity contribution in [2.75, 3.05) is 42.3 Å². The van der Waals surface area contributed by atoms with Crippen molar-refractivity contribution < 1.29 is 33.8 Å². The number of hydrogen-bond donors (Lipinski definition) is 5. The van der Waals surface area contributed by atoms with Crippen LogP contribution in [0.5, 0.6) is 0 Å². The molecule has 2 unspecified atom stereocenters. The second-order valence-corrected chi connectivity index (χ2v) is 13.1. The minimum absolute atomic E-state index is 0.0185. The van der Waals surface area contributed by atoms with Crippen LogP contribution in [0, 0.1) is 5.41 Å². The summed E-state index contributed by atoms with van der Waals surface area (Å²) in [6, 6.07) is 15.3. The number of carbonyl (C=O) groups is 5. The van der Waals surface area contributed by atoms with E-state index in [2.05, 4.69) is 36.8 Å². The van der Waals surface area contributed by atoms with Crippen LogP contribution in [-0.4, -0.2) is 92.3 Å². The van der Waals surface area contributed by atoms with E-state index >= 15 is 0 Å². The Morgan fingerprint density at radius 3 is 2.12 bits per heavy atom. The Labute approximate surface area is 297 Å². The maximum Gasteiger partial charge on any atom is 0.335 e. The van der Waals surface area contributed by atoms with Gasteiger partial charge in [-0.05, 0) is 76.0 Å². The summed E-state index contributed by atoms with van der Waals surface area (Å²) in [5.74, 6) is -4.74. The second kappa shape index (κ2) is 15.8. The number of halogens is 1. The van der Waals surface area contributed by atoms with Crippen LogP contribution in [0.2, 0.25) is 5.02 Å². The summed E-state index contributed by atoms with van der Waals surface area (Å²) >= 11 is 6.18. The third-order valence-corrected chi connectivity index (χ3v) is 8.30. The molecule has 0 aliphatic carbocycles. The SMILES string of the molecule is CC(C)(C)C(c1ccc(NC(=O)N2CCOCC2)cc1)C(NC(=O)C(=O)Nc1cc(Cl)ccc1-n1cnnn1)C(=O)Nc1ccc(C(=O)O)cc1. The number of ether oxygens (including phenoxy) is 1.